The second-order valence-electron chi connectivity index (χ2n) is 7.75. The minimum atomic E-state index is -0.513. The highest BCUT2D eigenvalue weighted by Gasteiger charge is 2.48. The van der Waals surface area contributed by atoms with Crippen molar-refractivity contribution >= 4 is 29.4 Å². The number of anilines is 1. The van der Waals surface area contributed by atoms with Crippen LogP contribution in [0.5, 0.6) is 0 Å². The van der Waals surface area contributed by atoms with Gasteiger partial charge in [-0.25, -0.2) is 14.1 Å². The SMILES string of the molecule is Cc1ccc(-c2noc(CN3C(=O)N(c4ccc(F)cc4)C(=O)C4SC=CC43)n2)cc1C. The fraction of sp³-hybridized carbons (Fsp3) is 0.217. The van der Waals surface area contributed by atoms with Crippen molar-refractivity contribution in [1.29, 1.82) is 0 Å². The highest BCUT2D eigenvalue weighted by molar-refractivity contribution is 8.03. The van der Waals surface area contributed by atoms with Gasteiger partial charge in [-0.05, 0) is 60.7 Å². The summed E-state index contributed by atoms with van der Waals surface area (Å²) in [4.78, 5) is 33.4. The maximum absolute atomic E-state index is 13.4. The molecule has 3 amide bonds. The summed E-state index contributed by atoms with van der Waals surface area (Å²) < 4.78 is 18.8. The van der Waals surface area contributed by atoms with E-state index in [1.165, 1.54) is 46.5 Å². The molecule has 2 unspecified atom stereocenters. The quantitative estimate of drug-likeness (QED) is 0.584. The Balaban J connectivity index is 1.44. The monoisotopic (exact) mass is 450 g/mol. The minimum Gasteiger partial charge on any atom is -0.337 e. The Hall–Kier alpha value is -3.46. The van der Waals surface area contributed by atoms with Crippen molar-refractivity contribution in [3.8, 4) is 11.4 Å². The second-order valence-corrected chi connectivity index (χ2v) is 8.80. The van der Waals surface area contributed by atoms with E-state index in [1.807, 2.05) is 43.5 Å². The number of aryl methyl sites for hydroxylation is 2. The van der Waals surface area contributed by atoms with Crippen LogP contribution in [0.25, 0.3) is 11.4 Å². The number of halogens is 1. The second kappa shape index (κ2) is 7.90. The number of carbonyl (C=O) groups excluding carboxylic acids is 2. The van der Waals surface area contributed by atoms with Gasteiger partial charge in [0.2, 0.25) is 11.7 Å². The summed E-state index contributed by atoms with van der Waals surface area (Å²) >= 11 is 1.35. The number of carbonyl (C=O) groups is 2. The van der Waals surface area contributed by atoms with Crippen molar-refractivity contribution in [2.75, 3.05) is 4.90 Å². The molecule has 0 radical (unpaired) electrons. The van der Waals surface area contributed by atoms with Gasteiger partial charge in [-0.3, -0.25) is 4.79 Å². The summed E-state index contributed by atoms with van der Waals surface area (Å²) in [7, 11) is 0. The van der Waals surface area contributed by atoms with E-state index in [4.69, 9.17) is 4.52 Å². The van der Waals surface area contributed by atoms with Gasteiger partial charge in [0.05, 0.1) is 11.7 Å². The first-order valence-corrected chi connectivity index (χ1v) is 11.0. The maximum atomic E-state index is 13.4. The lowest BCUT2D eigenvalue weighted by Gasteiger charge is -2.40. The molecule has 1 aromatic heterocycles. The van der Waals surface area contributed by atoms with Crippen LogP contribution in [0, 0.1) is 19.7 Å². The third-order valence-electron chi connectivity index (χ3n) is 5.70. The fourth-order valence-electron chi connectivity index (χ4n) is 3.80. The Morgan fingerprint density at radius 1 is 1.09 bits per heavy atom. The summed E-state index contributed by atoms with van der Waals surface area (Å²) in [6.45, 7) is 4.09. The Bertz CT molecular complexity index is 1240. The zero-order chi connectivity index (χ0) is 22.4. The molecular formula is C23H19FN4O3S. The molecule has 0 N–H and O–H groups in total. The number of hydrogen-bond donors (Lipinski definition) is 0. The lowest BCUT2D eigenvalue weighted by atomic mass is 10.1. The Labute approximate surface area is 187 Å². The van der Waals surface area contributed by atoms with Crippen LogP contribution in [-0.4, -0.2) is 38.3 Å². The first-order valence-electron chi connectivity index (χ1n) is 10.0. The Kier molecular flexibility index (Phi) is 5.05. The van der Waals surface area contributed by atoms with E-state index in [0.717, 1.165) is 16.0 Å². The maximum Gasteiger partial charge on any atom is 0.332 e. The molecule has 0 spiro atoms. The molecule has 32 heavy (non-hydrogen) atoms. The smallest absolute Gasteiger partial charge is 0.332 e. The standard InChI is InChI=1S/C23H19FN4O3S/c1-13-3-4-15(11-14(13)2)21-25-19(31-26-21)12-27-18-9-10-32-20(18)22(29)28(23(27)30)17-7-5-16(24)6-8-17/h3-11,18,20H,12H2,1-2H3. The minimum absolute atomic E-state index is 0.0493. The van der Waals surface area contributed by atoms with Crippen LogP contribution in [0.3, 0.4) is 0 Å². The predicted molar refractivity (Wildman–Crippen MR) is 118 cm³/mol. The van der Waals surface area contributed by atoms with Gasteiger partial charge in [0, 0.05) is 5.56 Å². The van der Waals surface area contributed by atoms with Gasteiger partial charge < -0.3 is 9.42 Å². The molecule has 2 aromatic carbocycles. The van der Waals surface area contributed by atoms with Crippen molar-refractivity contribution in [3.05, 3.63) is 76.8 Å². The molecule has 3 aromatic rings. The van der Waals surface area contributed by atoms with Crippen molar-refractivity contribution in [3.63, 3.8) is 0 Å². The molecule has 9 heteroatoms. The molecule has 3 heterocycles. The number of amides is 3. The van der Waals surface area contributed by atoms with Gasteiger partial charge in [0.1, 0.15) is 17.6 Å². The molecule has 0 bridgehead atoms. The van der Waals surface area contributed by atoms with Crippen LogP contribution < -0.4 is 4.90 Å². The zero-order valence-corrected chi connectivity index (χ0v) is 18.2. The van der Waals surface area contributed by atoms with Gasteiger partial charge >= 0.3 is 6.03 Å². The highest BCUT2D eigenvalue weighted by atomic mass is 32.2. The lowest BCUT2D eigenvalue weighted by molar-refractivity contribution is -0.119. The van der Waals surface area contributed by atoms with E-state index >= 15 is 0 Å². The van der Waals surface area contributed by atoms with E-state index in [1.54, 1.807) is 0 Å². The zero-order valence-electron chi connectivity index (χ0n) is 17.4. The normalized spacial score (nSPS) is 20.2. The van der Waals surface area contributed by atoms with E-state index < -0.39 is 23.1 Å². The topological polar surface area (TPSA) is 79.5 Å². The van der Waals surface area contributed by atoms with Crippen LogP contribution in [0.2, 0.25) is 0 Å². The van der Waals surface area contributed by atoms with Gasteiger partial charge in [-0.1, -0.05) is 23.4 Å². The molecule has 1 saturated heterocycles. The Morgan fingerprint density at radius 2 is 1.88 bits per heavy atom. The van der Waals surface area contributed by atoms with Crippen LogP contribution in [-0.2, 0) is 11.3 Å². The average molecular weight is 450 g/mol. The average Bonchev–Trinajstić information content (AvgIpc) is 3.44. The number of benzene rings is 2. The number of fused-ring (bicyclic) bond motifs is 1. The van der Waals surface area contributed by atoms with Crippen LogP contribution in [0.1, 0.15) is 17.0 Å². The Morgan fingerprint density at radius 3 is 2.62 bits per heavy atom. The first kappa shape index (κ1) is 20.4. The van der Waals surface area contributed by atoms with Gasteiger partial charge in [-0.15, -0.1) is 11.8 Å². The fourth-order valence-corrected chi connectivity index (χ4v) is 4.85. The van der Waals surface area contributed by atoms with Crippen LogP contribution in [0.15, 0.2) is 58.5 Å². The molecule has 5 rings (SSSR count). The van der Waals surface area contributed by atoms with Crippen LogP contribution in [0.4, 0.5) is 14.9 Å². The van der Waals surface area contributed by atoms with Crippen molar-refractivity contribution in [2.24, 2.45) is 0 Å². The lowest BCUT2D eigenvalue weighted by Crippen LogP contribution is -2.61. The van der Waals surface area contributed by atoms with Crippen molar-refractivity contribution < 1.29 is 18.5 Å². The van der Waals surface area contributed by atoms with Gasteiger partial charge in [0.25, 0.3) is 5.91 Å². The number of urea groups is 1. The van der Waals surface area contributed by atoms with E-state index in [9.17, 15) is 14.0 Å². The largest absolute Gasteiger partial charge is 0.337 e. The molecule has 2 atom stereocenters. The molecule has 162 valence electrons. The molecule has 2 aliphatic rings. The summed E-state index contributed by atoms with van der Waals surface area (Å²) in [5, 5.41) is 5.39. The number of rotatable bonds is 4. The summed E-state index contributed by atoms with van der Waals surface area (Å²) in [6.07, 6.45) is 1.83. The number of nitrogens with zero attached hydrogens (tertiary/aromatic N) is 4. The number of hydrogen-bond acceptors (Lipinski definition) is 6. The number of imide groups is 1. The van der Waals surface area contributed by atoms with Crippen molar-refractivity contribution in [2.45, 2.75) is 31.7 Å². The molecular weight excluding hydrogens is 431 g/mol. The van der Waals surface area contributed by atoms with Crippen molar-refractivity contribution in [1.82, 2.24) is 15.0 Å². The van der Waals surface area contributed by atoms with Gasteiger partial charge in [0.15, 0.2) is 0 Å². The molecule has 1 fully saturated rings. The number of aromatic nitrogens is 2. The molecule has 2 aliphatic heterocycles. The molecule has 0 saturated carbocycles. The van der Waals surface area contributed by atoms with Crippen LogP contribution >= 0.6 is 11.8 Å². The van der Waals surface area contributed by atoms with Gasteiger partial charge in [-0.2, -0.15) is 4.98 Å². The van der Waals surface area contributed by atoms with E-state index in [2.05, 4.69) is 10.1 Å². The highest BCUT2D eigenvalue weighted by Crippen LogP contribution is 2.37. The summed E-state index contributed by atoms with van der Waals surface area (Å²) in [5.74, 6) is -0.0721. The molecule has 0 aliphatic carbocycles. The third-order valence-corrected chi connectivity index (χ3v) is 6.78. The predicted octanol–water partition coefficient (Wildman–Crippen LogP) is 4.46. The summed E-state index contributed by atoms with van der Waals surface area (Å²) in [5.41, 5.74) is 3.42. The van der Waals surface area contributed by atoms with E-state index in [-0.39, 0.29) is 18.3 Å². The van der Waals surface area contributed by atoms with E-state index in [0.29, 0.717) is 11.5 Å². The number of thioether (sulfide) groups is 1. The summed E-state index contributed by atoms with van der Waals surface area (Å²) in [6, 6.07) is 10.2. The molecule has 7 nitrogen and oxygen atoms in total. The third kappa shape index (κ3) is 3.48. The first-order chi connectivity index (χ1) is 15.4.